The standard InChI is InChI=1S/C24H26F4N2O5/c1-5-35-23(32)30-14(2)10-18(17-11-20(33-3)21(34-4)12-19(17)30)22(31)29(28)13-15-6-8-16(9-7-15)24(25,26)27/h6-9,11-12,14,18H,5,10,13H2,1-4H3. The Morgan fingerprint density at radius 1 is 1.09 bits per heavy atom. The number of amides is 2. The molecule has 2 unspecified atom stereocenters. The molecule has 0 radical (unpaired) electrons. The minimum Gasteiger partial charge on any atom is -0.493 e. The smallest absolute Gasteiger partial charge is 0.416 e. The third kappa shape index (κ3) is 5.44. The fourth-order valence-electron chi connectivity index (χ4n) is 4.09. The van der Waals surface area contributed by atoms with Crippen molar-refractivity contribution in [3.63, 3.8) is 0 Å². The summed E-state index contributed by atoms with van der Waals surface area (Å²) in [6, 6.07) is 6.43. The molecule has 1 aliphatic heterocycles. The van der Waals surface area contributed by atoms with Gasteiger partial charge in [0, 0.05) is 12.1 Å². The van der Waals surface area contributed by atoms with Crippen LogP contribution >= 0.6 is 0 Å². The van der Waals surface area contributed by atoms with Crippen molar-refractivity contribution in [3.8, 4) is 11.5 Å². The Labute approximate surface area is 200 Å². The molecule has 0 aromatic heterocycles. The lowest BCUT2D eigenvalue weighted by Gasteiger charge is -2.38. The fourth-order valence-corrected chi connectivity index (χ4v) is 4.09. The number of carbonyl (C=O) groups excluding carboxylic acids is 2. The molecule has 2 aromatic rings. The monoisotopic (exact) mass is 498 g/mol. The van der Waals surface area contributed by atoms with Crippen molar-refractivity contribution in [1.29, 1.82) is 0 Å². The number of methoxy groups -OCH3 is 2. The number of nitrogens with zero attached hydrogens (tertiary/aromatic N) is 2. The van der Waals surface area contributed by atoms with Crippen LogP contribution in [-0.4, -0.2) is 44.0 Å². The van der Waals surface area contributed by atoms with Crippen molar-refractivity contribution in [2.24, 2.45) is 0 Å². The van der Waals surface area contributed by atoms with Gasteiger partial charge in [0.1, 0.15) is 0 Å². The van der Waals surface area contributed by atoms with Crippen LogP contribution in [0.15, 0.2) is 36.4 Å². The van der Waals surface area contributed by atoms with Crippen LogP contribution in [0.1, 0.15) is 42.9 Å². The largest absolute Gasteiger partial charge is 0.493 e. The maximum atomic E-state index is 15.0. The van der Waals surface area contributed by atoms with E-state index in [4.69, 9.17) is 14.2 Å². The molecule has 0 fully saturated rings. The first kappa shape index (κ1) is 26.1. The first-order valence-corrected chi connectivity index (χ1v) is 10.9. The van der Waals surface area contributed by atoms with E-state index in [0.29, 0.717) is 17.0 Å². The second-order valence-corrected chi connectivity index (χ2v) is 8.03. The van der Waals surface area contributed by atoms with Gasteiger partial charge in [-0.1, -0.05) is 16.6 Å². The number of hydrogen-bond acceptors (Lipinski definition) is 5. The highest BCUT2D eigenvalue weighted by Gasteiger charge is 2.40. The molecule has 0 saturated carbocycles. The minimum atomic E-state index is -4.52. The zero-order valence-corrected chi connectivity index (χ0v) is 19.7. The molecule has 0 bridgehead atoms. The van der Waals surface area contributed by atoms with E-state index in [9.17, 15) is 22.8 Å². The van der Waals surface area contributed by atoms with Crippen molar-refractivity contribution in [3.05, 3.63) is 53.1 Å². The molecule has 2 aromatic carbocycles. The van der Waals surface area contributed by atoms with Crippen molar-refractivity contribution in [2.75, 3.05) is 25.7 Å². The van der Waals surface area contributed by atoms with Crippen molar-refractivity contribution in [1.82, 2.24) is 5.12 Å². The number of alkyl halides is 3. The van der Waals surface area contributed by atoms with E-state index in [1.54, 1.807) is 13.8 Å². The summed E-state index contributed by atoms with van der Waals surface area (Å²) in [6.07, 6.45) is -5.05. The Kier molecular flexibility index (Phi) is 7.76. The molecule has 0 spiro atoms. The number of anilines is 1. The van der Waals surface area contributed by atoms with Crippen LogP contribution in [-0.2, 0) is 22.3 Å². The van der Waals surface area contributed by atoms with Gasteiger partial charge in [-0.15, -0.1) is 0 Å². The average molecular weight is 498 g/mol. The predicted molar refractivity (Wildman–Crippen MR) is 119 cm³/mol. The molecule has 0 aliphatic carbocycles. The molecule has 1 aliphatic rings. The molecular formula is C24H26F4N2O5. The fraction of sp³-hybridized carbons (Fsp3) is 0.417. The Balaban J connectivity index is 1.94. The molecule has 7 nitrogen and oxygen atoms in total. The maximum absolute atomic E-state index is 15.0. The number of rotatable bonds is 6. The average Bonchev–Trinajstić information content (AvgIpc) is 2.82. The second-order valence-electron chi connectivity index (χ2n) is 8.03. The van der Waals surface area contributed by atoms with Crippen LogP contribution in [0.4, 0.5) is 28.1 Å². The quantitative estimate of drug-likeness (QED) is 0.390. The molecule has 11 heteroatoms. The summed E-state index contributed by atoms with van der Waals surface area (Å²) >= 11 is 0. The van der Waals surface area contributed by atoms with Gasteiger partial charge < -0.3 is 14.2 Å². The summed E-state index contributed by atoms with van der Waals surface area (Å²) in [5.74, 6) is -1.28. The Hall–Kier alpha value is -3.50. The highest BCUT2D eigenvalue weighted by atomic mass is 19.4. The van der Waals surface area contributed by atoms with Crippen LogP contribution in [0.2, 0.25) is 0 Å². The van der Waals surface area contributed by atoms with Crippen LogP contribution in [0.3, 0.4) is 0 Å². The summed E-state index contributed by atoms with van der Waals surface area (Å²) in [5, 5.41) is -0.0273. The zero-order chi connectivity index (χ0) is 25.9. The number of carbonyl (C=O) groups is 2. The maximum Gasteiger partial charge on any atom is 0.416 e. The van der Waals surface area contributed by atoms with Crippen molar-refractivity contribution < 1.29 is 41.5 Å². The Morgan fingerprint density at radius 3 is 2.23 bits per heavy atom. The molecule has 2 atom stereocenters. The number of halogens is 4. The molecule has 1 heterocycles. The molecule has 0 N–H and O–H groups in total. The van der Waals surface area contributed by atoms with Gasteiger partial charge in [0.25, 0.3) is 5.91 Å². The van der Waals surface area contributed by atoms with E-state index >= 15 is 4.48 Å². The first-order chi connectivity index (χ1) is 16.5. The normalized spacial score (nSPS) is 17.4. The van der Waals surface area contributed by atoms with E-state index in [0.717, 1.165) is 24.3 Å². The summed E-state index contributed by atoms with van der Waals surface area (Å²) in [6.45, 7) is 2.97. The predicted octanol–water partition coefficient (Wildman–Crippen LogP) is 5.47. The molecule has 35 heavy (non-hydrogen) atoms. The number of fused-ring (bicyclic) bond motifs is 1. The van der Waals surface area contributed by atoms with Gasteiger partial charge in [-0.25, -0.2) is 4.79 Å². The van der Waals surface area contributed by atoms with E-state index in [-0.39, 0.29) is 29.5 Å². The number of benzene rings is 2. The highest BCUT2D eigenvalue weighted by Crippen LogP contribution is 2.45. The van der Waals surface area contributed by atoms with Gasteiger partial charge in [-0.3, -0.25) is 9.69 Å². The molecule has 2 amide bonds. The number of ether oxygens (including phenoxy) is 3. The zero-order valence-electron chi connectivity index (χ0n) is 19.7. The van der Waals surface area contributed by atoms with Crippen LogP contribution < -0.4 is 14.4 Å². The lowest BCUT2D eigenvalue weighted by Crippen LogP contribution is -2.46. The van der Waals surface area contributed by atoms with Gasteiger partial charge >= 0.3 is 12.3 Å². The van der Waals surface area contributed by atoms with Crippen LogP contribution in [0.5, 0.6) is 11.5 Å². The van der Waals surface area contributed by atoms with Gasteiger partial charge in [0.2, 0.25) is 0 Å². The van der Waals surface area contributed by atoms with Crippen molar-refractivity contribution >= 4 is 17.7 Å². The topological polar surface area (TPSA) is 68.3 Å². The molecule has 3 rings (SSSR count). The van der Waals surface area contributed by atoms with E-state index in [2.05, 4.69) is 0 Å². The summed E-state index contributed by atoms with van der Waals surface area (Å²) in [4.78, 5) is 27.2. The summed E-state index contributed by atoms with van der Waals surface area (Å²) < 4.78 is 69.2. The van der Waals surface area contributed by atoms with Gasteiger partial charge in [0.05, 0.1) is 44.5 Å². The third-order valence-electron chi connectivity index (χ3n) is 5.79. The van der Waals surface area contributed by atoms with Crippen molar-refractivity contribution in [2.45, 2.75) is 44.9 Å². The molecule has 0 saturated heterocycles. The number of hydrogen-bond donors (Lipinski definition) is 0. The SMILES string of the molecule is CCOC(=O)N1c2cc(OC)c(OC)cc2C(C(=O)N(F)Cc2ccc(C(F)(F)F)cc2)CC1C. The lowest BCUT2D eigenvalue weighted by atomic mass is 9.85. The van der Waals surface area contributed by atoms with E-state index < -0.39 is 42.2 Å². The molecule has 190 valence electrons. The van der Waals surface area contributed by atoms with Crippen LogP contribution in [0.25, 0.3) is 0 Å². The van der Waals surface area contributed by atoms with Gasteiger partial charge in [0.15, 0.2) is 11.5 Å². The minimum absolute atomic E-state index is 0.0273. The third-order valence-corrected chi connectivity index (χ3v) is 5.79. The van der Waals surface area contributed by atoms with Gasteiger partial charge in [-0.05, 0) is 49.6 Å². The Bertz CT molecular complexity index is 1070. The first-order valence-electron chi connectivity index (χ1n) is 10.9. The highest BCUT2D eigenvalue weighted by molar-refractivity contribution is 5.95. The molecular weight excluding hydrogens is 472 g/mol. The second kappa shape index (κ2) is 10.4. The van der Waals surface area contributed by atoms with E-state index in [1.165, 1.54) is 31.3 Å². The summed E-state index contributed by atoms with van der Waals surface area (Å²) in [7, 11) is 2.82. The Morgan fingerprint density at radius 2 is 1.69 bits per heavy atom. The van der Waals surface area contributed by atoms with Gasteiger partial charge in [-0.2, -0.15) is 18.3 Å². The lowest BCUT2D eigenvalue weighted by molar-refractivity contribution is -0.150. The summed E-state index contributed by atoms with van der Waals surface area (Å²) in [5.41, 5.74) is -0.0125. The van der Waals surface area contributed by atoms with Crippen LogP contribution in [0, 0.1) is 0 Å². The van der Waals surface area contributed by atoms with E-state index in [1.807, 2.05) is 0 Å².